The van der Waals surface area contributed by atoms with Crippen molar-refractivity contribution in [3.63, 3.8) is 0 Å². The van der Waals surface area contributed by atoms with E-state index in [-0.39, 0.29) is 34.5 Å². The molecule has 0 bridgehead atoms. The minimum atomic E-state index is -1.12. The van der Waals surface area contributed by atoms with Crippen molar-refractivity contribution < 1.29 is 18.4 Å². The quantitative estimate of drug-likeness (QED) is 0.415. The molecule has 0 saturated carbocycles. The Morgan fingerprint density at radius 3 is 2.61 bits per heavy atom. The Balaban J connectivity index is 1.58. The summed E-state index contributed by atoms with van der Waals surface area (Å²) < 4.78 is 26.9. The number of carbonyl (C=O) groups is 2. The highest BCUT2D eigenvalue weighted by atomic mass is 32.2. The molecule has 1 aromatic heterocycles. The number of fused-ring (bicyclic) bond motifs is 1. The maximum absolute atomic E-state index is 13.9. The zero-order chi connectivity index (χ0) is 22.0. The van der Waals surface area contributed by atoms with E-state index in [1.165, 1.54) is 42.1 Å². The number of aromatic nitrogens is 2. The van der Waals surface area contributed by atoms with E-state index < -0.39 is 29.1 Å². The average Bonchev–Trinajstić information content (AvgIpc) is 2.74. The first kappa shape index (κ1) is 20.7. The van der Waals surface area contributed by atoms with Gasteiger partial charge in [-0.25, -0.2) is 13.8 Å². The lowest BCUT2D eigenvalue weighted by atomic mass is 9.92. The fraction of sp³-hybridized carbons (Fsp3) is 0.143. The number of hydrogen-bond donors (Lipinski definition) is 3. The Hall–Kier alpha value is -3.53. The summed E-state index contributed by atoms with van der Waals surface area (Å²) in [4.78, 5) is 44.5. The molecule has 0 aliphatic carbocycles. The summed E-state index contributed by atoms with van der Waals surface area (Å²) in [6.07, 6.45) is -0.264. The fourth-order valence-corrected chi connectivity index (χ4v) is 3.97. The van der Waals surface area contributed by atoms with Crippen LogP contribution in [0.2, 0.25) is 0 Å². The number of nitrogens with one attached hydrogen (secondary N) is 3. The Morgan fingerprint density at radius 2 is 1.87 bits per heavy atom. The van der Waals surface area contributed by atoms with Crippen molar-refractivity contribution in [2.45, 2.75) is 23.2 Å². The summed E-state index contributed by atoms with van der Waals surface area (Å²) >= 11 is 1.19. The van der Waals surface area contributed by atoms with Crippen LogP contribution in [0.1, 0.15) is 23.5 Å². The summed E-state index contributed by atoms with van der Waals surface area (Å²) in [5.74, 6) is -2.85. The monoisotopic (exact) mass is 442 g/mol. The standard InChI is InChI=1S/C21H16F2N4O3S/c22-12-7-5-11(6-8-12)10-31-21-26-18-17(20(30)27-21)13(9-16(28)25-18)19(29)24-15-4-2-1-3-14(15)23/h1-8,13H,9-10H2,(H,24,29)(H2,25,26,27,28,30)/t13-/m1/s1. The number of nitrogens with zero attached hydrogens (tertiary/aromatic N) is 1. The van der Waals surface area contributed by atoms with Gasteiger partial charge in [0.1, 0.15) is 17.5 Å². The number of hydrogen-bond acceptors (Lipinski definition) is 5. The second kappa shape index (κ2) is 8.68. The van der Waals surface area contributed by atoms with Crippen molar-refractivity contribution in [1.82, 2.24) is 9.97 Å². The van der Waals surface area contributed by atoms with Crippen LogP contribution >= 0.6 is 11.8 Å². The van der Waals surface area contributed by atoms with Crippen molar-refractivity contribution in [2.24, 2.45) is 0 Å². The second-order valence-corrected chi connectivity index (χ2v) is 7.79. The lowest BCUT2D eigenvalue weighted by molar-refractivity contribution is -0.123. The highest BCUT2D eigenvalue weighted by Crippen LogP contribution is 2.31. The number of benzene rings is 2. The average molecular weight is 442 g/mol. The summed E-state index contributed by atoms with van der Waals surface area (Å²) in [7, 11) is 0. The summed E-state index contributed by atoms with van der Waals surface area (Å²) in [6, 6.07) is 11.5. The molecular formula is C21H16F2N4O3S. The number of anilines is 2. The van der Waals surface area contributed by atoms with E-state index in [0.29, 0.717) is 5.75 Å². The van der Waals surface area contributed by atoms with Crippen LogP contribution in [-0.4, -0.2) is 21.8 Å². The van der Waals surface area contributed by atoms with Crippen molar-refractivity contribution >= 4 is 35.1 Å². The maximum Gasteiger partial charge on any atom is 0.257 e. The number of aromatic amines is 1. The van der Waals surface area contributed by atoms with E-state index in [1.54, 1.807) is 18.2 Å². The number of H-pyrrole nitrogens is 1. The predicted molar refractivity (Wildman–Crippen MR) is 112 cm³/mol. The molecule has 1 aliphatic heterocycles. The van der Waals surface area contributed by atoms with Crippen LogP contribution in [0.4, 0.5) is 20.3 Å². The van der Waals surface area contributed by atoms with Crippen molar-refractivity contribution in [3.8, 4) is 0 Å². The summed E-state index contributed by atoms with van der Waals surface area (Å²) in [5, 5.41) is 5.18. The first-order valence-corrected chi connectivity index (χ1v) is 10.3. The normalized spacial score (nSPS) is 15.2. The van der Waals surface area contributed by atoms with E-state index in [9.17, 15) is 23.2 Å². The van der Waals surface area contributed by atoms with Gasteiger partial charge in [-0.2, -0.15) is 0 Å². The van der Waals surface area contributed by atoms with Crippen LogP contribution in [0.25, 0.3) is 0 Å². The van der Waals surface area contributed by atoms with E-state index in [1.807, 2.05) is 0 Å². The molecule has 0 unspecified atom stereocenters. The van der Waals surface area contributed by atoms with Crippen LogP contribution in [0.5, 0.6) is 0 Å². The second-order valence-electron chi connectivity index (χ2n) is 6.82. The van der Waals surface area contributed by atoms with Crippen LogP contribution in [0, 0.1) is 11.6 Å². The van der Waals surface area contributed by atoms with E-state index in [4.69, 9.17) is 0 Å². The smallest absolute Gasteiger partial charge is 0.257 e. The van der Waals surface area contributed by atoms with E-state index >= 15 is 0 Å². The molecule has 2 amide bonds. The number of para-hydroxylation sites is 1. The zero-order valence-electron chi connectivity index (χ0n) is 15.9. The first-order valence-electron chi connectivity index (χ1n) is 9.27. The van der Waals surface area contributed by atoms with Gasteiger partial charge < -0.3 is 15.6 Å². The molecule has 2 aromatic carbocycles. The number of amides is 2. The van der Waals surface area contributed by atoms with Gasteiger partial charge in [0.15, 0.2) is 5.16 Å². The Morgan fingerprint density at radius 1 is 1.13 bits per heavy atom. The van der Waals surface area contributed by atoms with Crippen LogP contribution < -0.4 is 16.2 Å². The number of halogens is 2. The Labute approximate surface area is 179 Å². The minimum Gasteiger partial charge on any atom is -0.323 e. The number of thioether (sulfide) groups is 1. The molecule has 158 valence electrons. The van der Waals surface area contributed by atoms with Crippen LogP contribution in [-0.2, 0) is 15.3 Å². The molecule has 0 spiro atoms. The van der Waals surface area contributed by atoms with Gasteiger partial charge in [0, 0.05) is 12.2 Å². The number of rotatable bonds is 5. The topological polar surface area (TPSA) is 104 Å². The molecule has 0 radical (unpaired) electrons. The Kier molecular flexibility index (Phi) is 5.81. The van der Waals surface area contributed by atoms with Gasteiger partial charge in [0.05, 0.1) is 17.2 Å². The third kappa shape index (κ3) is 4.64. The molecule has 1 atom stereocenters. The van der Waals surface area contributed by atoms with E-state index in [0.717, 1.165) is 5.56 Å². The highest BCUT2D eigenvalue weighted by Gasteiger charge is 2.35. The molecule has 10 heteroatoms. The van der Waals surface area contributed by atoms with Crippen LogP contribution in [0.3, 0.4) is 0 Å². The molecule has 0 fully saturated rings. The number of carbonyl (C=O) groups excluding carboxylic acids is 2. The molecule has 7 nitrogen and oxygen atoms in total. The zero-order valence-corrected chi connectivity index (χ0v) is 16.8. The van der Waals surface area contributed by atoms with Crippen molar-refractivity contribution in [2.75, 3.05) is 10.6 Å². The Bertz CT molecular complexity index is 1210. The third-order valence-electron chi connectivity index (χ3n) is 4.67. The largest absolute Gasteiger partial charge is 0.323 e. The van der Waals surface area contributed by atoms with Gasteiger partial charge in [-0.3, -0.25) is 14.4 Å². The lowest BCUT2D eigenvalue weighted by Gasteiger charge is -2.23. The van der Waals surface area contributed by atoms with Gasteiger partial charge in [0.25, 0.3) is 5.56 Å². The molecule has 3 aromatic rings. The van der Waals surface area contributed by atoms with Gasteiger partial charge in [-0.05, 0) is 29.8 Å². The molecule has 3 N–H and O–H groups in total. The molecular weight excluding hydrogens is 426 g/mol. The molecule has 4 rings (SSSR count). The van der Waals surface area contributed by atoms with Gasteiger partial charge >= 0.3 is 0 Å². The van der Waals surface area contributed by atoms with E-state index in [2.05, 4.69) is 20.6 Å². The molecule has 0 saturated heterocycles. The summed E-state index contributed by atoms with van der Waals surface area (Å²) in [6.45, 7) is 0. The molecule has 31 heavy (non-hydrogen) atoms. The van der Waals surface area contributed by atoms with Gasteiger partial charge in [0.2, 0.25) is 11.8 Å². The third-order valence-corrected chi connectivity index (χ3v) is 5.61. The maximum atomic E-state index is 13.9. The SMILES string of the molecule is O=C1C[C@@H](C(=O)Nc2ccccc2F)c2c(nc(SCc3ccc(F)cc3)[nH]c2=O)N1. The van der Waals surface area contributed by atoms with Crippen molar-refractivity contribution in [1.29, 1.82) is 0 Å². The first-order chi connectivity index (χ1) is 14.9. The fourth-order valence-electron chi connectivity index (χ4n) is 3.16. The van der Waals surface area contributed by atoms with Crippen molar-refractivity contribution in [3.05, 3.63) is 81.6 Å². The van der Waals surface area contributed by atoms with Gasteiger partial charge in [-0.1, -0.05) is 36.0 Å². The summed E-state index contributed by atoms with van der Waals surface area (Å²) in [5.41, 5.74) is 0.216. The minimum absolute atomic E-state index is 0.00436. The lowest BCUT2D eigenvalue weighted by Crippen LogP contribution is -2.36. The van der Waals surface area contributed by atoms with Gasteiger partial charge in [-0.15, -0.1) is 0 Å². The van der Waals surface area contributed by atoms with Crippen LogP contribution in [0.15, 0.2) is 58.5 Å². The molecule has 2 heterocycles. The predicted octanol–water partition coefficient (Wildman–Crippen LogP) is 3.40. The molecule has 1 aliphatic rings. The highest BCUT2D eigenvalue weighted by molar-refractivity contribution is 7.98.